The largest absolute Gasteiger partial charge is 0.381 e. The Bertz CT molecular complexity index is 615. The molecule has 0 heterocycles. The first-order valence-electron chi connectivity index (χ1n) is 11.9. The summed E-state index contributed by atoms with van der Waals surface area (Å²) in [6.07, 6.45) is 14.9. The Hall–Kier alpha value is -0.370. The Morgan fingerprint density at radius 3 is 2.63 bits per heavy atom. The number of carbonyl (C=O) groups excluding carboxylic acids is 1. The molecule has 0 aromatic heterocycles. The van der Waals surface area contributed by atoms with Crippen molar-refractivity contribution in [2.75, 3.05) is 7.11 Å². The number of hydrogen-bond acceptors (Lipinski definition) is 2. The molecule has 5 fully saturated rings. The van der Waals surface area contributed by atoms with E-state index in [4.69, 9.17) is 4.74 Å². The number of methoxy groups -OCH3 is 1. The van der Waals surface area contributed by atoms with E-state index in [2.05, 4.69) is 20.8 Å². The maximum Gasteiger partial charge on any atom is 0.120 e. The highest BCUT2D eigenvalue weighted by Crippen LogP contribution is 2.82. The molecule has 0 N–H and O–H groups in total. The molecule has 2 nitrogen and oxygen atoms in total. The standard InChI is InChI=1S/C25H40O2/c1-16(6-5-13-26)19-7-8-20-18-14-22(27-4)25-15-17(25)9-12-24(25,3)21(18)10-11-23(19,20)2/h13,16-22H,5-12,14-15H2,1-4H3/t16-,17?,18?,19?,20?,21?,22-,23-,24-,25?/m1/s1. The van der Waals surface area contributed by atoms with Crippen molar-refractivity contribution >= 4 is 6.29 Å². The average Bonchev–Trinajstić information content (AvgIpc) is 3.16. The van der Waals surface area contributed by atoms with Gasteiger partial charge in [0, 0.05) is 18.9 Å². The van der Waals surface area contributed by atoms with Crippen LogP contribution in [-0.4, -0.2) is 19.5 Å². The SMILES string of the molecule is CO[C@@H]1CC2C3CCC([C@H](C)CCC=O)[C@@]3(C)CCC2[C@@]2(C)CCC3CC312. The maximum absolute atomic E-state index is 10.9. The lowest BCUT2D eigenvalue weighted by atomic mass is 9.45. The van der Waals surface area contributed by atoms with Crippen LogP contribution in [0.4, 0.5) is 0 Å². The minimum absolute atomic E-state index is 0.504. The van der Waals surface area contributed by atoms with E-state index in [0.29, 0.717) is 28.3 Å². The van der Waals surface area contributed by atoms with Gasteiger partial charge in [-0.15, -0.1) is 0 Å². The molecule has 0 aromatic rings. The average molecular weight is 373 g/mol. The predicted octanol–water partition coefficient (Wildman–Crippen LogP) is 5.89. The minimum Gasteiger partial charge on any atom is -0.381 e. The summed E-state index contributed by atoms with van der Waals surface area (Å²) in [6, 6.07) is 0. The van der Waals surface area contributed by atoms with Crippen molar-refractivity contribution in [2.45, 2.75) is 91.1 Å². The molecule has 1 spiro atoms. The first kappa shape index (κ1) is 18.6. The second-order valence-corrected chi connectivity index (χ2v) is 11.7. The lowest BCUT2D eigenvalue weighted by molar-refractivity contribution is -0.161. The second kappa shape index (κ2) is 6.07. The lowest BCUT2D eigenvalue weighted by Crippen LogP contribution is -2.57. The van der Waals surface area contributed by atoms with E-state index in [1.165, 1.54) is 51.4 Å². The molecule has 0 radical (unpaired) electrons. The second-order valence-electron chi connectivity index (χ2n) is 11.7. The van der Waals surface area contributed by atoms with E-state index in [1.807, 2.05) is 7.11 Å². The molecule has 6 unspecified atom stereocenters. The van der Waals surface area contributed by atoms with Gasteiger partial charge in [-0.05, 0) is 104 Å². The van der Waals surface area contributed by atoms with Crippen LogP contribution in [0.3, 0.4) is 0 Å². The fourth-order valence-corrected chi connectivity index (χ4v) is 10.1. The third-order valence-corrected chi connectivity index (χ3v) is 11.3. The van der Waals surface area contributed by atoms with Gasteiger partial charge in [-0.2, -0.15) is 0 Å². The summed E-state index contributed by atoms with van der Waals surface area (Å²) in [5.41, 5.74) is 1.60. The highest BCUT2D eigenvalue weighted by atomic mass is 16.5. The summed E-state index contributed by atoms with van der Waals surface area (Å²) in [6.45, 7) is 7.73. The summed E-state index contributed by atoms with van der Waals surface area (Å²) in [5.74, 6) is 5.21. The Balaban J connectivity index is 1.43. The molecule has 27 heavy (non-hydrogen) atoms. The van der Waals surface area contributed by atoms with Crippen LogP contribution in [0.2, 0.25) is 0 Å². The number of carbonyl (C=O) groups is 1. The number of aldehydes is 1. The molecule has 5 rings (SSSR count). The fourth-order valence-electron chi connectivity index (χ4n) is 10.1. The topological polar surface area (TPSA) is 26.3 Å². The molecule has 0 amide bonds. The van der Waals surface area contributed by atoms with Crippen LogP contribution >= 0.6 is 0 Å². The van der Waals surface area contributed by atoms with Crippen molar-refractivity contribution < 1.29 is 9.53 Å². The highest BCUT2D eigenvalue weighted by Gasteiger charge is 2.77. The minimum atomic E-state index is 0.504. The van der Waals surface area contributed by atoms with Gasteiger partial charge in [0.15, 0.2) is 0 Å². The first-order chi connectivity index (χ1) is 12.9. The van der Waals surface area contributed by atoms with Gasteiger partial charge in [-0.1, -0.05) is 20.8 Å². The van der Waals surface area contributed by atoms with E-state index < -0.39 is 0 Å². The van der Waals surface area contributed by atoms with Crippen molar-refractivity contribution in [3.05, 3.63) is 0 Å². The van der Waals surface area contributed by atoms with Crippen LogP contribution in [0.15, 0.2) is 0 Å². The van der Waals surface area contributed by atoms with Crippen molar-refractivity contribution in [3.8, 4) is 0 Å². The molecular weight excluding hydrogens is 332 g/mol. The molecule has 0 bridgehead atoms. The molecule has 0 aromatic carbocycles. The normalized spacial score (nSPS) is 56.6. The lowest BCUT2D eigenvalue weighted by Gasteiger charge is -2.61. The molecule has 10 atom stereocenters. The Morgan fingerprint density at radius 1 is 1.11 bits per heavy atom. The zero-order chi connectivity index (χ0) is 19.0. The van der Waals surface area contributed by atoms with E-state index >= 15 is 0 Å². The molecule has 5 aliphatic rings. The summed E-state index contributed by atoms with van der Waals surface area (Å²) in [5, 5.41) is 0. The van der Waals surface area contributed by atoms with Crippen LogP contribution in [0.25, 0.3) is 0 Å². The number of hydrogen-bond donors (Lipinski definition) is 0. The number of ether oxygens (including phenoxy) is 1. The van der Waals surface area contributed by atoms with Gasteiger partial charge in [0.25, 0.3) is 0 Å². The predicted molar refractivity (Wildman–Crippen MR) is 108 cm³/mol. The third kappa shape index (κ3) is 2.20. The smallest absolute Gasteiger partial charge is 0.120 e. The molecule has 5 aliphatic carbocycles. The van der Waals surface area contributed by atoms with Crippen molar-refractivity contribution in [1.82, 2.24) is 0 Å². The van der Waals surface area contributed by atoms with Crippen LogP contribution in [-0.2, 0) is 9.53 Å². The van der Waals surface area contributed by atoms with Gasteiger partial charge in [0.1, 0.15) is 6.29 Å². The van der Waals surface area contributed by atoms with Gasteiger partial charge >= 0.3 is 0 Å². The molecule has 152 valence electrons. The zero-order valence-electron chi connectivity index (χ0n) is 18.0. The van der Waals surface area contributed by atoms with E-state index in [1.54, 1.807) is 0 Å². The van der Waals surface area contributed by atoms with E-state index in [-0.39, 0.29) is 0 Å². The van der Waals surface area contributed by atoms with Gasteiger partial charge in [0.2, 0.25) is 0 Å². The summed E-state index contributed by atoms with van der Waals surface area (Å²) < 4.78 is 6.23. The van der Waals surface area contributed by atoms with Crippen molar-refractivity contribution in [1.29, 1.82) is 0 Å². The number of rotatable bonds is 5. The van der Waals surface area contributed by atoms with Crippen LogP contribution in [0.5, 0.6) is 0 Å². The Kier molecular flexibility index (Phi) is 4.19. The van der Waals surface area contributed by atoms with E-state index in [0.717, 1.165) is 48.7 Å². The fraction of sp³-hybridized carbons (Fsp3) is 0.960. The molecule has 2 heteroatoms. The molecular formula is C25H40O2. The van der Waals surface area contributed by atoms with Gasteiger partial charge in [0.05, 0.1) is 6.10 Å². The highest BCUT2D eigenvalue weighted by molar-refractivity contribution is 5.49. The molecule has 5 saturated carbocycles. The van der Waals surface area contributed by atoms with Gasteiger partial charge in [-0.3, -0.25) is 0 Å². The van der Waals surface area contributed by atoms with Crippen molar-refractivity contribution in [3.63, 3.8) is 0 Å². The maximum atomic E-state index is 10.9. The van der Waals surface area contributed by atoms with Crippen LogP contribution in [0.1, 0.15) is 85.0 Å². The summed E-state index contributed by atoms with van der Waals surface area (Å²) >= 11 is 0. The van der Waals surface area contributed by atoms with Crippen LogP contribution < -0.4 is 0 Å². The quantitative estimate of drug-likeness (QED) is 0.563. The summed E-state index contributed by atoms with van der Waals surface area (Å²) in [4.78, 5) is 10.9. The van der Waals surface area contributed by atoms with Gasteiger partial charge < -0.3 is 9.53 Å². The first-order valence-corrected chi connectivity index (χ1v) is 11.9. The zero-order valence-corrected chi connectivity index (χ0v) is 18.0. The van der Waals surface area contributed by atoms with Gasteiger partial charge in [-0.25, -0.2) is 0 Å². The molecule has 0 aliphatic heterocycles. The Labute approximate surface area is 166 Å². The van der Waals surface area contributed by atoms with E-state index in [9.17, 15) is 4.79 Å². The monoisotopic (exact) mass is 372 g/mol. The van der Waals surface area contributed by atoms with Crippen LogP contribution in [0, 0.1) is 51.8 Å². The number of fused-ring (bicyclic) bond motifs is 4. The Morgan fingerprint density at radius 2 is 1.93 bits per heavy atom. The van der Waals surface area contributed by atoms with Crippen molar-refractivity contribution in [2.24, 2.45) is 51.8 Å². The molecule has 0 saturated heterocycles. The summed E-state index contributed by atoms with van der Waals surface area (Å²) in [7, 11) is 1.99. The third-order valence-electron chi connectivity index (χ3n) is 11.3.